The van der Waals surface area contributed by atoms with Crippen molar-refractivity contribution in [3.05, 3.63) is 76.4 Å². The van der Waals surface area contributed by atoms with Crippen molar-refractivity contribution in [3.63, 3.8) is 0 Å². The van der Waals surface area contributed by atoms with Gasteiger partial charge in [-0.2, -0.15) is 0 Å². The van der Waals surface area contributed by atoms with Crippen molar-refractivity contribution < 1.29 is 9.21 Å². The number of hydrogen-bond donors (Lipinski definition) is 3. The fraction of sp³-hybridized carbons (Fsp3) is 0.0952. The number of aromatic nitrogens is 3. The number of benzene rings is 2. The summed E-state index contributed by atoms with van der Waals surface area (Å²) in [5, 5.41) is 3.66. The van der Waals surface area contributed by atoms with Gasteiger partial charge in [0, 0.05) is 0 Å². The van der Waals surface area contributed by atoms with E-state index in [1.54, 1.807) is 12.1 Å². The van der Waals surface area contributed by atoms with Crippen molar-refractivity contribution in [2.45, 2.75) is 13.0 Å². The third-order valence-electron chi connectivity index (χ3n) is 4.72. The third-order valence-corrected chi connectivity index (χ3v) is 5.77. The first-order valence-corrected chi connectivity index (χ1v) is 9.87. The van der Waals surface area contributed by atoms with Crippen LogP contribution >= 0.6 is 11.3 Å². The zero-order valence-corrected chi connectivity index (χ0v) is 16.2. The van der Waals surface area contributed by atoms with Gasteiger partial charge in [0.1, 0.15) is 0 Å². The van der Waals surface area contributed by atoms with Crippen LogP contribution in [0.25, 0.3) is 32.0 Å². The highest BCUT2D eigenvalue weighted by Crippen LogP contribution is 2.31. The van der Waals surface area contributed by atoms with Gasteiger partial charge < -0.3 is 19.7 Å². The zero-order valence-electron chi connectivity index (χ0n) is 15.4. The summed E-state index contributed by atoms with van der Waals surface area (Å²) in [4.78, 5) is 34.0. The van der Waals surface area contributed by atoms with Crippen molar-refractivity contribution >= 4 is 38.5 Å². The highest BCUT2D eigenvalue weighted by atomic mass is 32.1. The maximum absolute atomic E-state index is 12.6. The lowest BCUT2D eigenvalue weighted by Gasteiger charge is -2.13. The first-order chi connectivity index (χ1) is 14.1. The SMILES string of the molecule is CC(NC(=O)c1ccc(-c2nc3ccccc3s2)o1)c1ccc2[nH]c(=O)[nH]c2c1. The van der Waals surface area contributed by atoms with Gasteiger partial charge in [0.2, 0.25) is 0 Å². The Hall–Kier alpha value is -3.65. The molecule has 1 amide bonds. The van der Waals surface area contributed by atoms with Gasteiger partial charge in [-0.3, -0.25) is 4.79 Å². The second-order valence-corrected chi connectivity index (χ2v) is 7.76. The molecule has 5 rings (SSSR count). The molecule has 144 valence electrons. The quantitative estimate of drug-likeness (QED) is 0.417. The normalized spacial score (nSPS) is 12.4. The lowest BCUT2D eigenvalue weighted by atomic mass is 10.1. The lowest BCUT2D eigenvalue weighted by Crippen LogP contribution is -2.26. The molecule has 7 nitrogen and oxygen atoms in total. The number of thiazole rings is 1. The molecule has 2 aromatic carbocycles. The van der Waals surface area contributed by atoms with Crippen LogP contribution < -0.4 is 11.0 Å². The van der Waals surface area contributed by atoms with E-state index in [9.17, 15) is 9.59 Å². The molecule has 0 spiro atoms. The van der Waals surface area contributed by atoms with Crippen molar-refractivity contribution in [3.8, 4) is 10.8 Å². The van der Waals surface area contributed by atoms with Gasteiger partial charge >= 0.3 is 5.69 Å². The van der Waals surface area contributed by atoms with Gasteiger partial charge in [-0.15, -0.1) is 11.3 Å². The highest BCUT2D eigenvalue weighted by Gasteiger charge is 2.17. The van der Waals surface area contributed by atoms with Crippen LogP contribution in [-0.4, -0.2) is 20.9 Å². The van der Waals surface area contributed by atoms with Gasteiger partial charge in [-0.1, -0.05) is 18.2 Å². The fourth-order valence-electron chi connectivity index (χ4n) is 3.22. The molecule has 0 aliphatic heterocycles. The largest absolute Gasteiger partial charge is 0.448 e. The molecule has 0 saturated carbocycles. The standard InChI is InChI=1S/C21H16N4O3S/c1-11(12-6-7-13-15(10-12)25-21(27)24-13)22-19(26)16-8-9-17(28-16)20-23-14-4-2-3-5-18(14)29-20/h2-11H,1H3,(H,22,26)(H2,24,25,27). The molecule has 3 heterocycles. The first kappa shape index (κ1) is 17.4. The molecule has 3 aromatic heterocycles. The van der Waals surface area contributed by atoms with E-state index in [1.807, 2.05) is 49.4 Å². The molecule has 0 saturated heterocycles. The number of amides is 1. The summed E-state index contributed by atoms with van der Waals surface area (Å²) in [5.41, 5.74) is 2.95. The van der Waals surface area contributed by atoms with E-state index in [0.717, 1.165) is 26.3 Å². The lowest BCUT2D eigenvalue weighted by molar-refractivity contribution is 0.0912. The van der Waals surface area contributed by atoms with Crippen LogP contribution in [0.3, 0.4) is 0 Å². The Morgan fingerprint density at radius 1 is 1.10 bits per heavy atom. The van der Waals surface area contributed by atoms with E-state index in [-0.39, 0.29) is 23.4 Å². The second-order valence-electron chi connectivity index (χ2n) is 6.73. The topological polar surface area (TPSA) is 104 Å². The number of hydrogen-bond acceptors (Lipinski definition) is 5. The number of imidazole rings is 1. The van der Waals surface area contributed by atoms with Gasteiger partial charge in [0.25, 0.3) is 5.91 Å². The summed E-state index contributed by atoms with van der Waals surface area (Å²) in [6.07, 6.45) is 0. The summed E-state index contributed by atoms with van der Waals surface area (Å²) < 4.78 is 6.82. The number of H-pyrrole nitrogens is 2. The van der Waals surface area contributed by atoms with Crippen LogP contribution in [0.1, 0.15) is 29.1 Å². The maximum Gasteiger partial charge on any atom is 0.323 e. The van der Waals surface area contributed by atoms with E-state index in [4.69, 9.17) is 4.42 Å². The number of aromatic amines is 2. The van der Waals surface area contributed by atoms with Gasteiger partial charge in [-0.25, -0.2) is 9.78 Å². The number of fused-ring (bicyclic) bond motifs is 2. The Balaban J connectivity index is 1.35. The summed E-state index contributed by atoms with van der Waals surface area (Å²) >= 11 is 1.52. The van der Waals surface area contributed by atoms with Crippen LogP contribution in [0, 0.1) is 0 Å². The summed E-state index contributed by atoms with van der Waals surface area (Å²) in [6.45, 7) is 1.88. The van der Waals surface area contributed by atoms with Crippen molar-refractivity contribution in [2.75, 3.05) is 0 Å². The second kappa shape index (κ2) is 6.75. The predicted octanol–water partition coefficient (Wildman–Crippen LogP) is 4.22. The summed E-state index contributed by atoms with van der Waals surface area (Å²) in [6, 6.07) is 16.5. The van der Waals surface area contributed by atoms with Crippen LogP contribution in [0.15, 0.2) is 63.8 Å². The number of nitrogens with one attached hydrogen (secondary N) is 3. The number of nitrogens with zero attached hydrogens (tertiary/aromatic N) is 1. The van der Waals surface area contributed by atoms with Crippen LogP contribution in [0.2, 0.25) is 0 Å². The number of carbonyl (C=O) groups excluding carboxylic acids is 1. The molecule has 0 radical (unpaired) electrons. The summed E-state index contributed by atoms with van der Waals surface area (Å²) in [5.74, 6) is 0.477. The predicted molar refractivity (Wildman–Crippen MR) is 112 cm³/mol. The Morgan fingerprint density at radius 2 is 1.93 bits per heavy atom. The minimum atomic E-state index is -0.312. The van der Waals surface area contributed by atoms with Crippen molar-refractivity contribution in [1.82, 2.24) is 20.3 Å². The smallest absolute Gasteiger partial charge is 0.323 e. The molecule has 3 N–H and O–H groups in total. The monoisotopic (exact) mass is 404 g/mol. The number of para-hydroxylation sites is 1. The van der Waals surface area contributed by atoms with Gasteiger partial charge in [0.15, 0.2) is 16.5 Å². The van der Waals surface area contributed by atoms with Gasteiger partial charge in [0.05, 0.1) is 27.3 Å². The Bertz CT molecular complexity index is 1380. The Morgan fingerprint density at radius 3 is 2.79 bits per heavy atom. The molecule has 0 fully saturated rings. The maximum atomic E-state index is 12.6. The molecule has 1 atom stereocenters. The molecule has 29 heavy (non-hydrogen) atoms. The molecular formula is C21H16N4O3S. The molecule has 1 unspecified atom stereocenters. The third kappa shape index (κ3) is 3.23. The molecule has 0 aliphatic rings. The zero-order chi connectivity index (χ0) is 20.0. The minimum absolute atomic E-state index is 0.224. The minimum Gasteiger partial charge on any atom is -0.448 e. The molecule has 0 bridgehead atoms. The van der Waals surface area contributed by atoms with Crippen LogP contribution in [-0.2, 0) is 0 Å². The molecule has 5 aromatic rings. The van der Waals surface area contributed by atoms with Gasteiger partial charge in [-0.05, 0) is 48.9 Å². The van der Waals surface area contributed by atoms with E-state index in [2.05, 4.69) is 20.3 Å². The summed E-state index contributed by atoms with van der Waals surface area (Å²) in [7, 11) is 0. The number of rotatable bonds is 4. The average molecular weight is 404 g/mol. The molecular weight excluding hydrogens is 388 g/mol. The van der Waals surface area contributed by atoms with Crippen LogP contribution in [0.5, 0.6) is 0 Å². The molecule has 0 aliphatic carbocycles. The van der Waals surface area contributed by atoms with Crippen LogP contribution in [0.4, 0.5) is 0 Å². The first-order valence-electron chi connectivity index (χ1n) is 9.05. The van der Waals surface area contributed by atoms with Crippen molar-refractivity contribution in [2.24, 2.45) is 0 Å². The van der Waals surface area contributed by atoms with E-state index >= 15 is 0 Å². The Kier molecular flexibility index (Phi) is 4.06. The number of carbonyl (C=O) groups is 1. The highest BCUT2D eigenvalue weighted by molar-refractivity contribution is 7.21. The van der Waals surface area contributed by atoms with E-state index in [1.165, 1.54) is 11.3 Å². The Labute approximate surface area is 168 Å². The fourth-order valence-corrected chi connectivity index (χ4v) is 4.15. The number of furan rings is 1. The average Bonchev–Trinajstić information content (AvgIpc) is 3.43. The molecule has 8 heteroatoms. The van der Waals surface area contributed by atoms with E-state index < -0.39 is 0 Å². The van der Waals surface area contributed by atoms with Crippen molar-refractivity contribution in [1.29, 1.82) is 0 Å². The van der Waals surface area contributed by atoms with E-state index in [0.29, 0.717) is 11.3 Å².